The molecule has 0 atom stereocenters. The molecule has 0 fully saturated rings. The van der Waals surface area contributed by atoms with Crippen LogP contribution in [0.2, 0.25) is 0 Å². The second-order valence-corrected chi connectivity index (χ2v) is 10.4. The number of hydrogen-bond donors (Lipinski definition) is 0. The molecule has 0 unspecified atom stereocenters. The standard InChI is InChI=1S/C24H52N/c1-21(2)13-9-17-25(18-10-14-22(3)4,19-11-15-23(5)6)20-12-16-24(7)8/h21-24H,9-20H2,1-8H3/q+1. The molecule has 1 nitrogen and oxygen atoms in total. The quantitative estimate of drug-likeness (QED) is 0.251. The average Bonchev–Trinajstić information content (AvgIpc) is 2.45. The fourth-order valence-corrected chi connectivity index (χ4v) is 4.01. The third-order valence-corrected chi connectivity index (χ3v) is 5.66. The van der Waals surface area contributed by atoms with Crippen LogP contribution in [0.5, 0.6) is 0 Å². The number of nitrogens with zero attached hydrogens (tertiary/aromatic N) is 1. The Balaban J connectivity index is 4.85. The van der Waals surface area contributed by atoms with Crippen LogP contribution in [0.15, 0.2) is 0 Å². The molecule has 0 spiro atoms. The number of quaternary nitrogens is 1. The summed E-state index contributed by atoms with van der Waals surface area (Å²) in [5.41, 5.74) is 0. The molecule has 0 radical (unpaired) electrons. The second kappa shape index (κ2) is 14.1. The van der Waals surface area contributed by atoms with E-state index in [1.165, 1.54) is 82.0 Å². The highest BCUT2D eigenvalue weighted by Gasteiger charge is 2.26. The molecule has 0 heterocycles. The Morgan fingerprint density at radius 3 is 0.760 bits per heavy atom. The first-order chi connectivity index (χ1) is 11.7. The summed E-state index contributed by atoms with van der Waals surface area (Å²) in [6.45, 7) is 24.7. The van der Waals surface area contributed by atoms with E-state index >= 15 is 0 Å². The van der Waals surface area contributed by atoms with Crippen LogP contribution in [0, 0.1) is 23.7 Å². The maximum absolute atomic E-state index is 2.38. The van der Waals surface area contributed by atoms with Crippen molar-refractivity contribution in [3.8, 4) is 0 Å². The van der Waals surface area contributed by atoms with Crippen molar-refractivity contribution in [2.24, 2.45) is 23.7 Å². The van der Waals surface area contributed by atoms with E-state index in [1.54, 1.807) is 0 Å². The molecular weight excluding hydrogens is 302 g/mol. The van der Waals surface area contributed by atoms with Gasteiger partial charge in [-0.15, -0.1) is 0 Å². The summed E-state index contributed by atoms with van der Waals surface area (Å²) in [6.07, 6.45) is 11.3. The summed E-state index contributed by atoms with van der Waals surface area (Å²) in [5.74, 6) is 3.40. The zero-order valence-electron chi connectivity index (χ0n) is 19.2. The molecule has 25 heavy (non-hydrogen) atoms. The first kappa shape index (κ1) is 25.0. The van der Waals surface area contributed by atoms with Crippen LogP contribution in [-0.2, 0) is 0 Å². The summed E-state index contributed by atoms with van der Waals surface area (Å²) < 4.78 is 1.42. The Morgan fingerprint density at radius 2 is 0.600 bits per heavy atom. The van der Waals surface area contributed by atoms with Gasteiger partial charge in [0.1, 0.15) is 0 Å². The van der Waals surface area contributed by atoms with Crippen molar-refractivity contribution < 1.29 is 4.48 Å². The van der Waals surface area contributed by atoms with Gasteiger partial charge in [0.25, 0.3) is 0 Å². The Morgan fingerprint density at radius 1 is 0.400 bits per heavy atom. The third-order valence-electron chi connectivity index (χ3n) is 5.66. The molecule has 0 saturated heterocycles. The third kappa shape index (κ3) is 14.8. The topological polar surface area (TPSA) is 0 Å². The van der Waals surface area contributed by atoms with Crippen molar-refractivity contribution in [1.82, 2.24) is 0 Å². The van der Waals surface area contributed by atoms with E-state index in [9.17, 15) is 0 Å². The summed E-state index contributed by atoms with van der Waals surface area (Å²) in [5, 5.41) is 0. The minimum absolute atomic E-state index is 0.851. The summed E-state index contributed by atoms with van der Waals surface area (Å²) in [6, 6.07) is 0. The van der Waals surface area contributed by atoms with Gasteiger partial charge in [-0.2, -0.15) is 0 Å². The smallest absolute Gasteiger partial charge is 0.0786 e. The Bertz CT molecular complexity index is 229. The molecular formula is C24H52N+. The number of rotatable bonds is 16. The minimum Gasteiger partial charge on any atom is -0.324 e. The van der Waals surface area contributed by atoms with Crippen LogP contribution in [0.1, 0.15) is 107 Å². The highest BCUT2D eigenvalue weighted by Crippen LogP contribution is 2.21. The fourth-order valence-electron chi connectivity index (χ4n) is 4.01. The molecule has 0 aromatic rings. The van der Waals surface area contributed by atoms with Gasteiger partial charge in [0.05, 0.1) is 26.2 Å². The fraction of sp³-hybridized carbons (Fsp3) is 1.00. The summed E-state index contributed by atoms with van der Waals surface area (Å²) in [7, 11) is 0. The van der Waals surface area contributed by atoms with Crippen molar-refractivity contribution in [2.75, 3.05) is 26.2 Å². The molecule has 1 heteroatoms. The van der Waals surface area contributed by atoms with Crippen molar-refractivity contribution in [3.63, 3.8) is 0 Å². The Labute approximate surface area is 161 Å². The van der Waals surface area contributed by atoms with Crippen molar-refractivity contribution in [3.05, 3.63) is 0 Å². The van der Waals surface area contributed by atoms with Gasteiger partial charge in [0.15, 0.2) is 0 Å². The molecule has 0 aliphatic carbocycles. The lowest BCUT2D eigenvalue weighted by molar-refractivity contribution is -0.929. The molecule has 0 bridgehead atoms. The predicted molar refractivity (Wildman–Crippen MR) is 116 cm³/mol. The van der Waals surface area contributed by atoms with E-state index in [0.29, 0.717) is 0 Å². The van der Waals surface area contributed by atoms with Gasteiger partial charge < -0.3 is 4.48 Å². The van der Waals surface area contributed by atoms with Crippen LogP contribution >= 0.6 is 0 Å². The van der Waals surface area contributed by atoms with E-state index in [1.807, 2.05) is 0 Å². The van der Waals surface area contributed by atoms with Gasteiger partial charge in [0.2, 0.25) is 0 Å². The Hall–Kier alpha value is -0.0400. The monoisotopic (exact) mass is 354 g/mol. The molecule has 0 aliphatic rings. The van der Waals surface area contributed by atoms with Gasteiger partial charge >= 0.3 is 0 Å². The van der Waals surface area contributed by atoms with Gasteiger partial charge in [0, 0.05) is 0 Å². The molecule has 0 aromatic heterocycles. The Kier molecular flexibility index (Phi) is 14.0. The molecule has 0 amide bonds. The van der Waals surface area contributed by atoms with Gasteiger partial charge in [-0.05, 0) is 75.0 Å². The van der Waals surface area contributed by atoms with Crippen molar-refractivity contribution in [2.45, 2.75) is 107 Å². The lowest BCUT2D eigenvalue weighted by Gasteiger charge is -2.40. The van der Waals surface area contributed by atoms with E-state index in [4.69, 9.17) is 0 Å². The van der Waals surface area contributed by atoms with Gasteiger partial charge in [-0.25, -0.2) is 0 Å². The van der Waals surface area contributed by atoms with Crippen LogP contribution < -0.4 is 0 Å². The number of hydrogen-bond acceptors (Lipinski definition) is 0. The average molecular weight is 355 g/mol. The summed E-state index contributed by atoms with van der Waals surface area (Å²) in [4.78, 5) is 0. The first-order valence-corrected chi connectivity index (χ1v) is 11.5. The molecule has 0 aromatic carbocycles. The second-order valence-electron chi connectivity index (χ2n) is 10.4. The zero-order valence-corrected chi connectivity index (χ0v) is 19.2. The maximum Gasteiger partial charge on any atom is 0.0786 e. The molecule has 152 valence electrons. The molecule has 0 rings (SSSR count). The van der Waals surface area contributed by atoms with E-state index in [0.717, 1.165) is 23.7 Å². The van der Waals surface area contributed by atoms with Crippen molar-refractivity contribution in [1.29, 1.82) is 0 Å². The lowest BCUT2D eigenvalue weighted by atomic mass is 10.0. The van der Waals surface area contributed by atoms with Gasteiger partial charge in [-0.1, -0.05) is 55.4 Å². The largest absolute Gasteiger partial charge is 0.324 e. The van der Waals surface area contributed by atoms with Crippen LogP contribution in [-0.4, -0.2) is 30.7 Å². The highest BCUT2D eigenvalue weighted by atomic mass is 15.3. The molecule has 0 aliphatic heterocycles. The van der Waals surface area contributed by atoms with E-state index < -0.39 is 0 Å². The maximum atomic E-state index is 2.38. The van der Waals surface area contributed by atoms with Crippen molar-refractivity contribution >= 4 is 0 Å². The highest BCUT2D eigenvalue weighted by molar-refractivity contribution is 4.56. The van der Waals surface area contributed by atoms with Gasteiger partial charge in [-0.3, -0.25) is 0 Å². The van der Waals surface area contributed by atoms with E-state index in [-0.39, 0.29) is 0 Å². The minimum atomic E-state index is 0.851. The zero-order chi connectivity index (χ0) is 19.3. The van der Waals surface area contributed by atoms with Crippen LogP contribution in [0.25, 0.3) is 0 Å². The normalized spacial score (nSPS) is 13.0. The van der Waals surface area contributed by atoms with E-state index in [2.05, 4.69) is 55.4 Å². The predicted octanol–water partition coefficient (Wildman–Crippen LogP) is 7.55. The van der Waals surface area contributed by atoms with Crippen LogP contribution in [0.4, 0.5) is 0 Å². The first-order valence-electron chi connectivity index (χ1n) is 11.5. The SMILES string of the molecule is CC(C)CCC[N+](CCCC(C)C)(CCCC(C)C)CCCC(C)C. The van der Waals surface area contributed by atoms with Crippen LogP contribution in [0.3, 0.4) is 0 Å². The lowest BCUT2D eigenvalue weighted by Crippen LogP contribution is -2.51. The molecule has 0 N–H and O–H groups in total. The molecule has 0 saturated carbocycles. The summed E-state index contributed by atoms with van der Waals surface area (Å²) >= 11 is 0.